The number of rotatable bonds is 4. The zero-order valence-electron chi connectivity index (χ0n) is 12.9. The number of nitrogens with one attached hydrogen (secondary N) is 1. The fourth-order valence-corrected chi connectivity index (χ4v) is 2.40. The highest BCUT2D eigenvalue weighted by Gasteiger charge is 2.12. The molecule has 20 heavy (non-hydrogen) atoms. The Morgan fingerprint density at radius 1 is 1.15 bits per heavy atom. The zero-order chi connectivity index (χ0) is 14.7. The number of nitrogens with zero attached hydrogens (tertiary/aromatic N) is 2. The van der Waals surface area contributed by atoms with E-state index in [0.717, 1.165) is 11.5 Å². The summed E-state index contributed by atoms with van der Waals surface area (Å²) in [6.07, 6.45) is 1.82. The first-order valence-corrected chi connectivity index (χ1v) is 6.95. The molecule has 1 aromatic heterocycles. The van der Waals surface area contributed by atoms with Crippen LogP contribution in [0.15, 0.2) is 36.5 Å². The Hall–Kier alpha value is -2.03. The van der Waals surface area contributed by atoms with Gasteiger partial charge in [-0.25, -0.2) is 4.98 Å². The summed E-state index contributed by atoms with van der Waals surface area (Å²) < 4.78 is 0. The van der Waals surface area contributed by atoms with Crippen molar-refractivity contribution in [3.63, 3.8) is 0 Å². The standard InChI is InChI=1S/C17H23N3/c1-12-8-9-13(2)15(11-12)14(3)19-16-7-6-10-18-17(16)20(4)5/h6-11,14,19H,1-5H3. The number of pyridine rings is 1. The number of hydrogen-bond acceptors (Lipinski definition) is 3. The van der Waals surface area contributed by atoms with E-state index in [4.69, 9.17) is 0 Å². The molecule has 1 aromatic carbocycles. The average Bonchev–Trinajstić information content (AvgIpc) is 2.41. The summed E-state index contributed by atoms with van der Waals surface area (Å²) >= 11 is 0. The Balaban J connectivity index is 2.28. The van der Waals surface area contributed by atoms with E-state index >= 15 is 0 Å². The van der Waals surface area contributed by atoms with Gasteiger partial charge in [0.1, 0.15) is 0 Å². The van der Waals surface area contributed by atoms with Crippen LogP contribution >= 0.6 is 0 Å². The van der Waals surface area contributed by atoms with E-state index in [-0.39, 0.29) is 6.04 Å². The van der Waals surface area contributed by atoms with Crippen LogP contribution in [0, 0.1) is 13.8 Å². The van der Waals surface area contributed by atoms with Crippen molar-refractivity contribution >= 4 is 11.5 Å². The monoisotopic (exact) mass is 269 g/mol. The van der Waals surface area contributed by atoms with Crippen LogP contribution in [0.4, 0.5) is 11.5 Å². The number of aryl methyl sites for hydroxylation is 2. The van der Waals surface area contributed by atoms with E-state index in [9.17, 15) is 0 Å². The fraction of sp³-hybridized carbons (Fsp3) is 0.353. The lowest BCUT2D eigenvalue weighted by Gasteiger charge is -2.22. The molecule has 0 spiro atoms. The molecule has 1 atom stereocenters. The first kappa shape index (κ1) is 14.4. The van der Waals surface area contributed by atoms with Crippen LogP contribution in [0.5, 0.6) is 0 Å². The van der Waals surface area contributed by atoms with Gasteiger partial charge in [0, 0.05) is 26.3 Å². The summed E-state index contributed by atoms with van der Waals surface area (Å²) in [6, 6.07) is 10.9. The lowest BCUT2D eigenvalue weighted by Crippen LogP contribution is -2.16. The van der Waals surface area contributed by atoms with Crippen molar-refractivity contribution in [2.45, 2.75) is 26.8 Å². The topological polar surface area (TPSA) is 28.2 Å². The van der Waals surface area contributed by atoms with Gasteiger partial charge >= 0.3 is 0 Å². The molecule has 0 saturated heterocycles. The van der Waals surface area contributed by atoms with Crippen molar-refractivity contribution in [1.29, 1.82) is 0 Å². The second-order valence-electron chi connectivity index (χ2n) is 5.50. The minimum Gasteiger partial charge on any atom is -0.376 e. The molecule has 0 bridgehead atoms. The molecule has 2 rings (SSSR count). The van der Waals surface area contributed by atoms with Crippen LogP contribution in [-0.4, -0.2) is 19.1 Å². The van der Waals surface area contributed by atoms with Gasteiger partial charge in [-0.3, -0.25) is 0 Å². The normalized spacial score (nSPS) is 12.1. The molecule has 3 heteroatoms. The third kappa shape index (κ3) is 3.10. The summed E-state index contributed by atoms with van der Waals surface area (Å²) in [5, 5.41) is 3.57. The van der Waals surface area contributed by atoms with Crippen LogP contribution in [0.3, 0.4) is 0 Å². The third-order valence-corrected chi connectivity index (χ3v) is 3.48. The first-order chi connectivity index (χ1) is 9.49. The molecule has 0 aliphatic heterocycles. The minimum absolute atomic E-state index is 0.248. The predicted octanol–water partition coefficient (Wildman–Crippen LogP) is 3.94. The quantitative estimate of drug-likeness (QED) is 0.911. The molecule has 0 radical (unpaired) electrons. The Labute approximate surface area is 121 Å². The van der Waals surface area contributed by atoms with E-state index in [2.05, 4.69) is 55.3 Å². The van der Waals surface area contributed by atoms with Crippen LogP contribution in [0.25, 0.3) is 0 Å². The van der Waals surface area contributed by atoms with Crippen LogP contribution < -0.4 is 10.2 Å². The van der Waals surface area contributed by atoms with Crippen molar-refractivity contribution in [3.05, 3.63) is 53.2 Å². The maximum atomic E-state index is 4.43. The smallest absolute Gasteiger partial charge is 0.151 e. The lowest BCUT2D eigenvalue weighted by molar-refractivity contribution is 0.868. The summed E-state index contributed by atoms with van der Waals surface area (Å²) in [4.78, 5) is 6.45. The largest absolute Gasteiger partial charge is 0.376 e. The van der Waals surface area contributed by atoms with Crippen LogP contribution in [0.1, 0.15) is 29.7 Å². The molecule has 3 nitrogen and oxygen atoms in total. The Morgan fingerprint density at radius 3 is 2.60 bits per heavy atom. The van der Waals surface area contributed by atoms with E-state index in [1.807, 2.05) is 31.3 Å². The van der Waals surface area contributed by atoms with Crippen molar-refractivity contribution in [2.75, 3.05) is 24.3 Å². The molecule has 106 valence electrons. The second kappa shape index (κ2) is 5.95. The number of aromatic nitrogens is 1. The van der Waals surface area contributed by atoms with Gasteiger partial charge in [0.05, 0.1) is 5.69 Å². The molecular weight excluding hydrogens is 246 g/mol. The first-order valence-electron chi connectivity index (χ1n) is 6.95. The minimum atomic E-state index is 0.248. The number of anilines is 2. The van der Waals surface area contributed by atoms with E-state index in [1.165, 1.54) is 16.7 Å². The zero-order valence-corrected chi connectivity index (χ0v) is 12.9. The maximum absolute atomic E-state index is 4.43. The highest BCUT2D eigenvalue weighted by atomic mass is 15.2. The predicted molar refractivity (Wildman–Crippen MR) is 86.5 cm³/mol. The molecule has 0 saturated carbocycles. The van der Waals surface area contributed by atoms with E-state index in [0.29, 0.717) is 0 Å². The second-order valence-corrected chi connectivity index (χ2v) is 5.50. The van der Waals surface area contributed by atoms with Gasteiger partial charge in [0.25, 0.3) is 0 Å². The van der Waals surface area contributed by atoms with Crippen molar-refractivity contribution in [1.82, 2.24) is 4.98 Å². The molecule has 1 heterocycles. The van der Waals surface area contributed by atoms with Crippen molar-refractivity contribution in [3.8, 4) is 0 Å². The van der Waals surface area contributed by atoms with Gasteiger partial charge in [-0.2, -0.15) is 0 Å². The van der Waals surface area contributed by atoms with E-state index in [1.54, 1.807) is 0 Å². The highest BCUT2D eigenvalue weighted by molar-refractivity contribution is 5.65. The summed E-state index contributed by atoms with van der Waals surface area (Å²) in [5.41, 5.74) is 4.99. The fourth-order valence-electron chi connectivity index (χ4n) is 2.40. The molecule has 0 aliphatic rings. The Morgan fingerprint density at radius 2 is 1.90 bits per heavy atom. The van der Waals surface area contributed by atoms with Gasteiger partial charge in [-0.05, 0) is 44.0 Å². The van der Waals surface area contributed by atoms with Crippen molar-refractivity contribution in [2.24, 2.45) is 0 Å². The van der Waals surface area contributed by atoms with Gasteiger partial charge in [-0.15, -0.1) is 0 Å². The van der Waals surface area contributed by atoms with Crippen LogP contribution in [-0.2, 0) is 0 Å². The van der Waals surface area contributed by atoms with Gasteiger partial charge in [-0.1, -0.05) is 23.8 Å². The maximum Gasteiger partial charge on any atom is 0.151 e. The highest BCUT2D eigenvalue weighted by Crippen LogP contribution is 2.27. The third-order valence-electron chi connectivity index (χ3n) is 3.48. The summed E-state index contributed by atoms with van der Waals surface area (Å²) in [6.45, 7) is 6.47. The Bertz CT molecular complexity index is 591. The van der Waals surface area contributed by atoms with Gasteiger partial charge in [0.15, 0.2) is 5.82 Å². The number of hydrogen-bond donors (Lipinski definition) is 1. The summed E-state index contributed by atoms with van der Waals surface area (Å²) in [5.74, 6) is 0.963. The van der Waals surface area contributed by atoms with Gasteiger partial charge in [0.2, 0.25) is 0 Å². The molecule has 1 N–H and O–H groups in total. The Kier molecular flexibility index (Phi) is 4.28. The van der Waals surface area contributed by atoms with Crippen LogP contribution in [0.2, 0.25) is 0 Å². The summed E-state index contributed by atoms with van der Waals surface area (Å²) in [7, 11) is 4.02. The molecular formula is C17H23N3. The average molecular weight is 269 g/mol. The van der Waals surface area contributed by atoms with Gasteiger partial charge < -0.3 is 10.2 Å². The number of benzene rings is 1. The van der Waals surface area contributed by atoms with Crippen molar-refractivity contribution < 1.29 is 0 Å². The molecule has 0 aliphatic carbocycles. The molecule has 0 fully saturated rings. The molecule has 2 aromatic rings. The SMILES string of the molecule is Cc1ccc(C)c(C(C)Nc2cccnc2N(C)C)c1. The molecule has 1 unspecified atom stereocenters. The molecule has 0 amide bonds. The lowest BCUT2D eigenvalue weighted by atomic mass is 10.00. The van der Waals surface area contributed by atoms with E-state index < -0.39 is 0 Å².